The van der Waals surface area contributed by atoms with E-state index in [-0.39, 0.29) is 0 Å². The van der Waals surface area contributed by atoms with E-state index >= 15 is 0 Å². The molecule has 2 rings (SSSR count). The number of benzene rings is 1. The highest BCUT2D eigenvalue weighted by atomic mass is 16.5. The minimum atomic E-state index is 0.323. The van der Waals surface area contributed by atoms with Crippen LogP contribution < -0.4 is 10.1 Å². The van der Waals surface area contributed by atoms with Gasteiger partial charge in [0.15, 0.2) is 0 Å². The lowest BCUT2D eigenvalue weighted by Crippen LogP contribution is -2.27. The van der Waals surface area contributed by atoms with E-state index in [0.29, 0.717) is 6.10 Å². The van der Waals surface area contributed by atoms with Crippen molar-refractivity contribution in [1.82, 2.24) is 5.32 Å². The average molecular weight is 177 g/mol. The van der Waals surface area contributed by atoms with Crippen LogP contribution in [0.5, 0.6) is 5.75 Å². The molecule has 13 heavy (non-hydrogen) atoms. The molecule has 0 unspecified atom stereocenters. The SMILES string of the molecule is CC[C@@H]1CNCc2ccccc2O1. The predicted molar refractivity (Wildman–Crippen MR) is 52.9 cm³/mol. The molecule has 0 aliphatic carbocycles. The van der Waals surface area contributed by atoms with Crippen molar-refractivity contribution in [2.45, 2.75) is 26.0 Å². The standard InChI is InChI=1S/C11H15NO/c1-2-10-8-12-7-9-5-3-4-6-11(9)13-10/h3-6,10,12H,2,7-8H2,1H3/t10-/m1/s1. The van der Waals surface area contributed by atoms with Gasteiger partial charge in [0.2, 0.25) is 0 Å². The van der Waals surface area contributed by atoms with Crippen molar-refractivity contribution in [1.29, 1.82) is 0 Å². The Bertz CT molecular complexity index is 285. The first-order valence-electron chi connectivity index (χ1n) is 4.85. The van der Waals surface area contributed by atoms with Crippen LogP contribution in [0.15, 0.2) is 24.3 Å². The third kappa shape index (κ3) is 1.83. The van der Waals surface area contributed by atoms with Crippen LogP contribution in [0, 0.1) is 0 Å². The molecule has 1 aliphatic heterocycles. The molecular formula is C11H15NO. The monoisotopic (exact) mass is 177 g/mol. The van der Waals surface area contributed by atoms with Crippen molar-refractivity contribution in [3.63, 3.8) is 0 Å². The van der Waals surface area contributed by atoms with Gasteiger partial charge in [-0.3, -0.25) is 0 Å². The summed E-state index contributed by atoms with van der Waals surface area (Å²) in [5.74, 6) is 1.04. The molecule has 2 nitrogen and oxygen atoms in total. The molecule has 1 aromatic rings. The van der Waals surface area contributed by atoms with Gasteiger partial charge in [0.25, 0.3) is 0 Å². The molecule has 1 aromatic carbocycles. The fourth-order valence-corrected chi connectivity index (χ4v) is 1.58. The maximum absolute atomic E-state index is 5.84. The number of hydrogen-bond acceptors (Lipinski definition) is 2. The van der Waals surface area contributed by atoms with Crippen molar-refractivity contribution in [2.24, 2.45) is 0 Å². The molecule has 0 saturated carbocycles. The fraction of sp³-hybridized carbons (Fsp3) is 0.455. The van der Waals surface area contributed by atoms with Crippen LogP contribution in [-0.4, -0.2) is 12.6 Å². The first-order valence-corrected chi connectivity index (χ1v) is 4.85. The lowest BCUT2D eigenvalue weighted by atomic mass is 10.2. The third-order valence-corrected chi connectivity index (χ3v) is 2.41. The van der Waals surface area contributed by atoms with E-state index in [0.717, 1.165) is 25.3 Å². The Hall–Kier alpha value is -1.02. The van der Waals surface area contributed by atoms with Gasteiger partial charge in [-0.05, 0) is 12.5 Å². The Morgan fingerprint density at radius 1 is 1.46 bits per heavy atom. The minimum absolute atomic E-state index is 0.323. The molecule has 0 amide bonds. The second-order valence-electron chi connectivity index (χ2n) is 3.39. The second kappa shape index (κ2) is 3.79. The van der Waals surface area contributed by atoms with Gasteiger partial charge in [-0.1, -0.05) is 25.1 Å². The average Bonchev–Trinajstić information content (AvgIpc) is 2.38. The summed E-state index contributed by atoms with van der Waals surface area (Å²) < 4.78 is 5.84. The van der Waals surface area contributed by atoms with Crippen molar-refractivity contribution in [3.8, 4) is 5.75 Å². The zero-order valence-corrected chi connectivity index (χ0v) is 7.92. The lowest BCUT2D eigenvalue weighted by molar-refractivity contribution is 0.202. The molecule has 1 aliphatic rings. The summed E-state index contributed by atoms with van der Waals surface area (Å²) in [6.07, 6.45) is 1.38. The van der Waals surface area contributed by atoms with Crippen molar-refractivity contribution >= 4 is 0 Å². The highest BCUT2D eigenvalue weighted by Gasteiger charge is 2.14. The molecular weight excluding hydrogens is 162 g/mol. The van der Waals surface area contributed by atoms with E-state index in [1.54, 1.807) is 0 Å². The number of para-hydroxylation sites is 1. The van der Waals surface area contributed by atoms with Crippen LogP contribution in [-0.2, 0) is 6.54 Å². The van der Waals surface area contributed by atoms with Crippen LogP contribution in [0.25, 0.3) is 0 Å². The van der Waals surface area contributed by atoms with Gasteiger partial charge < -0.3 is 10.1 Å². The number of fused-ring (bicyclic) bond motifs is 1. The van der Waals surface area contributed by atoms with Gasteiger partial charge in [0.05, 0.1) is 0 Å². The number of nitrogens with one attached hydrogen (secondary N) is 1. The molecule has 70 valence electrons. The van der Waals surface area contributed by atoms with E-state index in [4.69, 9.17) is 4.74 Å². The number of hydrogen-bond donors (Lipinski definition) is 1. The van der Waals surface area contributed by atoms with Crippen molar-refractivity contribution < 1.29 is 4.74 Å². The van der Waals surface area contributed by atoms with E-state index in [2.05, 4.69) is 24.4 Å². The lowest BCUT2D eigenvalue weighted by Gasteiger charge is -2.14. The van der Waals surface area contributed by atoms with Gasteiger partial charge in [0.1, 0.15) is 11.9 Å². The molecule has 0 radical (unpaired) electrons. The summed E-state index contributed by atoms with van der Waals surface area (Å²) in [5, 5.41) is 3.38. The molecule has 0 fully saturated rings. The Kier molecular flexibility index (Phi) is 2.50. The number of rotatable bonds is 1. The summed E-state index contributed by atoms with van der Waals surface area (Å²) in [7, 11) is 0. The van der Waals surface area contributed by atoms with E-state index in [9.17, 15) is 0 Å². The molecule has 0 bridgehead atoms. The first-order chi connectivity index (χ1) is 6.40. The van der Waals surface area contributed by atoms with Gasteiger partial charge in [-0.15, -0.1) is 0 Å². The van der Waals surface area contributed by atoms with Gasteiger partial charge >= 0.3 is 0 Å². The van der Waals surface area contributed by atoms with Gasteiger partial charge in [0, 0.05) is 18.7 Å². The predicted octanol–water partition coefficient (Wildman–Crippen LogP) is 1.95. The Morgan fingerprint density at radius 2 is 2.31 bits per heavy atom. The molecule has 1 heterocycles. The summed E-state index contributed by atoms with van der Waals surface area (Å²) in [6, 6.07) is 8.23. The zero-order valence-electron chi connectivity index (χ0n) is 7.92. The van der Waals surface area contributed by atoms with Crippen molar-refractivity contribution in [3.05, 3.63) is 29.8 Å². The van der Waals surface area contributed by atoms with Crippen molar-refractivity contribution in [2.75, 3.05) is 6.54 Å². The van der Waals surface area contributed by atoms with E-state index in [1.807, 2.05) is 12.1 Å². The second-order valence-corrected chi connectivity index (χ2v) is 3.39. The molecule has 1 N–H and O–H groups in total. The highest BCUT2D eigenvalue weighted by Crippen LogP contribution is 2.21. The smallest absolute Gasteiger partial charge is 0.124 e. The van der Waals surface area contributed by atoms with Crippen LogP contribution >= 0.6 is 0 Å². The highest BCUT2D eigenvalue weighted by molar-refractivity contribution is 5.34. The van der Waals surface area contributed by atoms with E-state index < -0.39 is 0 Å². The zero-order chi connectivity index (χ0) is 9.10. The summed E-state index contributed by atoms with van der Waals surface area (Å²) in [5.41, 5.74) is 1.26. The quantitative estimate of drug-likeness (QED) is 0.708. The Labute approximate surface area is 78.9 Å². The topological polar surface area (TPSA) is 21.3 Å². The molecule has 1 atom stereocenters. The van der Waals surface area contributed by atoms with Crippen LogP contribution in [0.4, 0.5) is 0 Å². The minimum Gasteiger partial charge on any atom is -0.489 e. The van der Waals surface area contributed by atoms with E-state index in [1.165, 1.54) is 5.56 Å². The third-order valence-electron chi connectivity index (χ3n) is 2.41. The van der Waals surface area contributed by atoms with Crippen LogP contribution in [0.2, 0.25) is 0 Å². The molecule has 0 saturated heterocycles. The Morgan fingerprint density at radius 3 is 3.15 bits per heavy atom. The summed E-state index contributed by atoms with van der Waals surface area (Å²) >= 11 is 0. The number of ether oxygens (including phenoxy) is 1. The summed E-state index contributed by atoms with van der Waals surface area (Å²) in [4.78, 5) is 0. The molecule has 0 spiro atoms. The summed E-state index contributed by atoms with van der Waals surface area (Å²) in [6.45, 7) is 4.03. The maximum atomic E-state index is 5.84. The van der Waals surface area contributed by atoms with Crippen LogP contribution in [0.1, 0.15) is 18.9 Å². The maximum Gasteiger partial charge on any atom is 0.124 e. The van der Waals surface area contributed by atoms with Crippen LogP contribution in [0.3, 0.4) is 0 Å². The fourth-order valence-electron chi connectivity index (χ4n) is 1.58. The first kappa shape index (κ1) is 8.57. The molecule has 2 heteroatoms. The van der Waals surface area contributed by atoms with Gasteiger partial charge in [-0.25, -0.2) is 0 Å². The largest absolute Gasteiger partial charge is 0.489 e. The normalized spacial score (nSPS) is 21.5. The Balaban J connectivity index is 2.23. The van der Waals surface area contributed by atoms with Gasteiger partial charge in [-0.2, -0.15) is 0 Å². The molecule has 0 aromatic heterocycles.